The van der Waals surface area contributed by atoms with Crippen molar-refractivity contribution in [2.24, 2.45) is 0 Å². The highest BCUT2D eigenvalue weighted by Crippen LogP contribution is 2.35. The molecule has 3 N–H and O–H groups in total. The zero-order valence-corrected chi connectivity index (χ0v) is 13.8. The first-order valence-corrected chi connectivity index (χ1v) is 8.42. The number of amides is 3. The van der Waals surface area contributed by atoms with Gasteiger partial charge < -0.3 is 25.4 Å². The maximum atomic E-state index is 12.8. The Morgan fingerprint density at radius 2 is 1.76 bits per heavy atom. The second-order valence-electron chi connectivity index (χ2n) is 6.26. The average Bonchev–Trinajstić information content (AvgIpc) is 3.06. The van der Waals surface area contributed by atoms with E-state index in [1.54, 1.807) is 0 Å². The Morgan fingerprint density at radius 1 is 1.12 bits per heavy atom. The first-order chi connectivity index (χ1) is 12.0. The maximum Gasteiger partial charge on any atom is 0.315 e. The molecule has 136 valence electrons. The van der Waals surface area contributed by atoms with Crippen LogP contribution < -0.4 is 16.0 Å². The van der Waals surface area contributed by atoms with Crippen LogP contribution in [-0.4, -0.2) is 43.5 Å². The minimum absolute atomic E-state index is 0.0404. The van der Waals surface area contributed by atoms with E-state index < -0.39 is 5.79 Å². The summed E-state index contributed by atoms with van der Waals surface area (Å²) in [6, 6.07) is 5.07. The number of hydrogen-bond donors (Lipinski definition) is 3. The molecule has 0 aromatic heterocycles. The number of hydrogen-bond acceptors (Lipinski definition) is 4. The molecule has 1 saturated heterocycles. The van der Waals surface area contributed by atoms with Gasteiger partial charge in [-0.2, -0.15) is 0 Å². The van der Waals surface area contributed by atoms with Crippen molar-refractivity contribution in [3.05, 3.63) is 30.1 Å². The molecule has 3 amide bonds. The van der Waals surface area contributed by atoms with E-state index in [4.69, 9.17) is 9.47 Å². The summed E-state index contributed by atoms with van der Waals surface area (Å²) in [6.45, 7) is 1.09. The van der Waals surface area contributed by atoms with Crippen LogP contribution in [-0.2, 0) is 14.3 Å². The third kappa shape index (κ3) is 4.90. The van der Waals surface area contributed by atoms with Crippen molar-refractivity contribution in [3.63, 3.8) is 0 Å². The molecule has 1 spiro atoms. The van der Waals surface area contributed by atoms with E-state index in [1.807, 2.05) is 0 Å². The summed E-state index contributed by atoms with van der Waals surface area (Å²) >= 11 is 0. The normalized spacial score (nSPS) is 19.6. The van der Waals surface area contributed by atoms with Crippen LogP contribution in [0.1, 0.15) is 25.7 Å². The van der Waals surface area contributed by atoms with Crippen LogP contribution in [0.5, 0.6) is 0 Å². The molecule has 25 heavy (non-hydrogen) atoms. The van der Waals surface area contributed by atoms with Gasteiger partial charge in [0.2, 0.25) is 5.91 Å². The van der Waals surface area contributed by atoms with Gasteiger partial charge in [0, 0.05) is 24.6 Å². The number of halogens is 1. The summed E-state index contributed by atoms with van der Waals surface area (Å²) in [5, 5.41) is 7.96. The van der Waals surface area contributed by atoms with Crippen molar-refractivity contribution in [2.45, 2.75) is 37.5 Å². The molecule has 1 aliphatic heterocycles. The van der Waals surface area contributed by atoms with Crippen molar-refractivity contribution < 1.29 is 23.5 Å². The zero-order chi connectivity index (χ0) is 17.7. The van der Waals surface area contributed by atoms with Crippen molar-refractivity contribution >= 4 is 17.6 Å². The lowest BCUT2D eigenvalue weighted by atomic mass is 9.90. The first-order valence-electron chi connectivity index (χ1n) is 8.42. The molecular weight excluding hydrogens is 329 g/mol. The number of benzene rings is 1. The van der Waals surface area contributed by atoms with Crippen LogP contribution in [0.3, 0.4) is 0 Å². The molecule has 3 rings (SSSR count). The zero-order valence-electron chi connectivity index (χ0n) is 13.8. The fourth-order valence-electron chi connectivity index (χ4n) is 3.12. The van der Waals surface area contributed by atoms with Gasteiger partial charge in [-0.1, -0.05) is 0 Å². The van der Waals surface area contributed by atoms with Gasteiger partial charge in [-0.25, -0.2) is 9.18 Å². The smallest absolute Gasteiger partial charge is 0.315 e. The Balaban J connectivity index is 1.35. The third-order valence-corrected chi connectivity index (χ3v) is 4.43. The Bertz CT molecular complexity index is 607. The quantitative estimate of drug-likeness (QED) is 0.771. The van der Waals surface area contributed by atoms with Crippen LogP contribution in [0, 0.1) is 5.82 Å². The van der Waals surface area contributed by atoms with E-state index in [2.05, 4.69) is 16.0 Å². The molecule has 8 heteroatoms. The number of urea groups is 1. The van der Waals surface area contributed by atoms with Crippen molar-refractivity contribution in [2.75, 3.05) is 25.1 Å². The van der Waals surface area contributed by atoms with Crippen LogP contribution in [0.2, 0.25) is 0 Å². The summed E-state index contributed by atoms with van der Waals surface area (Å²) in [7, 11) is 0. The molecule has 2 aliphatic rings. The summed E-state index contributed by atoms with van der Waals surface area (Å²) < 4.78 is 24.1. The first kappa shape index (κ1) is 17.6. The molecule has 1 aromatic carbocycles. The lowest BCUT2D eigenvalue weighted by molar-refractivity contribution is -0.179. The highest BCUT2D eigenvalue weighted by atomic mass is 19.1. The lowest BCUT2D eigenvalue weighted by Gasteiger charge is -2.35. The van der Waals surface area contributed by atoms with E-state index >= 15 is 0 Å². The number of anilines is 1. The van der Waals surface area contributed by atoms with E-state index in [0.717, 1.165) is 25.7 Å². The van der Waals surface area contributed by atoms with E-state index in [0.29, 0.717) is 18.9 Å². The van der Waals surface area contributed by atoms with Gasteiger partial charge in [-0.05, 0) is 37.1 Å². The van der Waals surface area contributed by atoms with E-state index in [1.165, 1.54) is 24.3 Å². The SMILES string of the molecule is O=C(CNC(=O)NC1CCC2(CC1)OCCO2)Nc1ccc(F)cc1. The Kier molecular flexibility index (Phi) is 5.50. The van der Waals surface area contributed by atoms with Gasteiger partial charge in [-0.15, -0.1) is 0 Å². The van der Waals surface area contributed by atoms with Gasteiger partial charge in [0.25, 0.3) is 0 Å². The van der Waals surface area contributed by atoms with Crippen LogP contribution in [0.25, 0.3) is 0 Å². The molecular formula is C17H22FN3O4. The molecule has 1 aromatic rings. The molecule has 7 nitrogen and oxygen atoms in total. The van der Waals surface area contributed by atoms with Crippen molar-refractivity contribution in [1.82, 2.24) is 10.6 Å². The number of carbonyl (C=O) groups excluding carboxylic acids is 2. The van der Waals surface area contributed by atoms with Gasteiger partial charge >= 0.3 is 6.03 Å². The predicted molar refractivity (Wildman–Crippen MR) is 88.5 cm³/mol. The highest BCUT2D eigenvalue weighted by Gasteiger charge is 2.40. The Morgan fingerprint density at radius 3 is 2.40 bits per heavy atom. The van der Waals surface area contributed by atoms with Crippen LogP contribution in [0.4, 0.5) is 14.9 Å². The maximum absolute atomic E-state index is 12.8. The predicted octanol–water partition coefficient (Wildman–Crippen LogP) is 1.75. The molecule has 1 saturated carbocycles. The fourth-order valence-corrected chi connectivity index (χ4v) is 3.12. The molecule has 0 bridgehead atoms. The summed E-state index contributed by atoms with van der Waals surface area (Å²) in [6.07, 6.45) is 3.05. The van der Waals surface area contributed by atoms with Gasteiger partial charge in [-0.3, -0.25) is 4.79 Å². The second kappa shape index (κ2) is 7.79. The monoisotopic (exact) mass is 351 g/mol. The molecule has 0 radical (unpaired) electrons. The van der Waals surface area contributed by atoms with Gasteiger partial charge in [0.15, 0.2) is 5.79 Å². The Hall–Kier alpha value is -2.19. The summed E-state index contributed by atoms with van der Waals surface area (Å²) in [5.74, 6) is -1.21. The lowest BCUT2D eigenvalue weighted by Crippen LogP contribution is -2.48. The van der Waals surface area contributed by atoms with Crippen LogP contribution in [0.15, 0.2) is 24.3 Å². The summed E-state index contributed by atoms with van der Waals surface area (Å²) in [5.41, 5.74) is 0.475. The van der Waals surface area contributed by atoms with Gasteiger partial charge in [0.05, 0.1) is 19.8 Å². The number of carbonyl (C=O) groups is 2. The molecule has 1 aliphatic carbocycles. The topological polar surface area (TPSA) is 88.7 Å². The number of rotatable bonds is 4. The third-order valence-electron chi connectivity index (χ3n) is 4.43. The molecule has 2 fully saturated rings. The number of ether oxygens (including phenoxy) is 2. The fraction of sp³-hybridized carbons (Fsp3) is 0.529. The van der Waals surface area contributed by atoms with Crippen molar-refractivity contribution in [1.29, 1.82) is 0 Å². The average molecular weight is 351 g/mol. The standard InChI is InChI=1S/C17H22FN3O4/c18-12-1-3-13(4-2-12)20-15(22)11-19-16(23)21-14-5-7-17(8-6-14)24-9-10-25-17/h1-4,14H,5-11H2,(H,20,22)(H2,19,21,23). The number of nitrogens with one attached hydrogen (secondary N) is 3. The highest BCUT2D eigenvalue weighted by molar-refractivity contribution is 5.94. The minimum atomic E-state index is -0.455. The largest absolute Gasteiger partial charge is 0.348 e. The summed E-state index contributed by atoms with van der Waals surface area (Å²) in [4.78, 5) is 23.7. The van der Waals surface area contributed by atoms with E-state index in [-0.39, 0.29) is 30.3 Å². The van der Waals surface area contributed by atoms with Crippen molar-refractivity contribution in [3.8, 4) is 0 Å². The second-order valence-corrected chi connectivity index (χ2v) is 6.26. The van der Waals surface area contributed by atoms with Gasteiger partial charge in [0.1, 0.15) is 5.82 Å². The van der Waals surface area contributed by atoms with Crippen LogP contribution >= 0.6 is 0 Å². The molecule has 1 heterocycles. The Labute approximate surface area is 145 Å². The molecule has 0 unspecified atom stereocenters. The minimum Gasteiger partial charge on any atom is -0.348 e. The molecule has 0 atom stereocenters. The van der Waals surface area contributed by atoms with E-state index in [9.17, 15) is 14.0 Å².